The van der Waals surface area contributed by atoms with E-state index in [9.17, 15) is 4.79 Å². The van der Waals surface area contributed by atoms with Gasteiger partial charge in [0.2, 0.25) is 5.91 Å². The van der Waals surface area contributed by atoms with Crippen molar-refractivity contribution >= 4 is 28.7 Å². The van der Waals surface area contributed by atoms with Gasteiger partial charge in [0.15, 0.2) is 0 Å². The van der Waals surface area contributed by atoms with E-state index in [1.54, 1.807) is 17.1 Å². The first-order valence-electron chi connectivity index (χ1n) is 9.30. The number of fused-ring (bicyclic) bond motifs is 1. The molecule has 6 nitrogen and oxygen atoms in total. The van der Waals surface area contributed by atoms with E-state index in [0.29, 0.717) is 12.4 Å². The molecule has 0 bridgehead atoms. The van der Waals surface area contributed by atoms with Crippen LogP contribution in [0.15, 0.2) is 49.4 Å². The lowest BCUT2D eigenvalue weighted by molar-refractivity contribution is -0.117. The molecule has 0 saturated carbocycles. The number of pyridine rings is 1. The Hall–Kier alpha value is -2.99. The minimum Gasteiger partial charge on any atom is -0.310 e. The number of anilines is 1. The van der Waals surface area contributed by atoms with Gasteiger partial charge in [0.05, 0.1) is 12.7 Å². The number of nitrogens with zero attached hydrogens (tertiary/aromatic N) is 4. The van der Waals surface area contributed by atoms with E-state index in [1.165, 1.54) is 19.3 Å². The van der Waals surface area contributed by atoms with Gasteiger partial charge in [0.1, 0.15) is 5.82 Å². The van der Waals surface area contributed by atoms with Crippen LogP contribution in [0, 0.1) is 0 Å². The van der Waals surface area contributed by atoms with Gasteiger partial charge in [-0.2, -0.15) is 5.10 Å². The van der Waals surface area contributed by atoms with Crippen LogP contribution >= 0.6 is 0 Å². The van der Waals surface area contributed by atoms with Gasteiger partial charge in [0.25, 0.3) is 0 Å². The number of likely N-dealkylation sites (tertiary alicyclic amines) is 1. The topological polar surface area (TPSA) is 63.1 Å². The summed E-state index contributed by atoms with van der Waals surface area (Å²) in [6.07, 6.45) is 10.8. The van der Waals surface area contributed by atoms with Gasteiger partial charge in [-0.25, -0.2) is 9.67 Å². The minimum absolute atomic E-state index is 0.00726. The third-order valence-electron chi connectivity index (χ3n) is 4.93. The number of hydrogen-bond acceptors (Lipinski definition) is 4. The molecule has 6 heteroatoms. The second kappa shape index (κ2) is 7.72. The van der Waals surface area contributed by atoms with E-state index in [4.69, 9.17) is 0 Å². The number of nitrogens with one attached hydrogen (secondary N) is 1. The fourth-order valence-electron chi connectivity index (χ4n) is 3.48. The van der Waals surface area contributed by atoms with Crippen LogP contribution in [0.5, 0.6) is 0 Å². The number of aromatic nitrogens is 3. The Balaban J connectivity index is 1.51. The summed E-state index contributed by atoms with van der Waals surface area (Å²) in [5.41, 5.74) is 2.08. The normalized spacial score (nSPS) is 15.0. The quantitative estimate of drug-likeness (QED) is 0.754. The molecule has 4 rings (SSSR count). The Morgan fingerprint density at radius 1 is 1.11 bits per heavy atom. The van der Waals surface area contributed by atoms with Crippen LogP contribution in [-0.4, -0.2) is 45.2 Å². The zero-order chi connectivity index (χ0) is 18.6. The first-order chi connectivity index (χ1) is 13.2. The lowest BCUT2D eigenvalue weighted by Crippen LogP contribution is -2.36. The lowest BCUT2D eigenvalue weighted by atomic mass is 10.1. The highest BCUT2D eigenvalue weighted by Gasteiger charge is 2.14. The molecular weight excluding hydrogens is 338 g/mol. The highest BCUT2D eigenvalue weighted by molar-refractivity contribution is 5.94. The van der Waals surface area contributed by atoms with E-state index in [0.717, 1.165) is 35.0 Å². The number of rotatable bonds is 5. The van der Waals surface area contributed by atoms with E-state index in [1.807, 2.05) is 30.6 Å². The van der Waals surface area contributed by atoms with Crippen LogP contribution in [0.3, 0.4) is 0 Å². The second-order valence-corrected chi connectivity index (χ2v) is 6.91. The highest BCUT2D eigenvalue weighted by atomic mass is 16.2. The van der Waals surface area contributed by atoms with Gasteiger partial charge in [0, 0.05) is 29.5 Å². The van der Waals surface area contributed by atoms with Crippen LogP contribution in [0.4, 0.5) is 5.82 Å². The average molecular weight is 361 g/mol. The fraction of sp³-hybridized carbons (Fsp3) is 0.286. The van der Waals surface area contributed by atoms with Gasteiger partial charge in [-0.1, -0.05) is 25.1 Å². The minimum atomic E-state index is -0.00726. The van der Waals surface area contributed by atoms with Crippen molar-refractivity contribution in [3.8, 4) is 11.1 Å². The fourth-order valence-corrected chi connectivity index (χ4v) is 3.48. The largest absolute Gasteiger partial charge is 0.310 e. The SMILES string of the molecule is C=Cn1cc(-c2ccc3cnc(NC(=O)CN4CCCCC4)cc3c2)cn1. The summed E-state index contributed by atoms with van der Waals surface area (Å²) in [6.45, 7) is 6.15. The summed E-state index contributed by atoms with van der Waals surface area (Å²) in [5.74, 6) is 0.579. The molecule has 1 fully saturated rings. The number of carbonyl (C=O) groups is 1. The van der Waals surface area contributed by atoms with Crippen molar-refractivity contribution in [2.24, 2.45) is 0 Å². The van der Waals surface area contributed by atoms with Crippen molar-refractivity contribution in [1.82, 2.24) is 19.7 Å². The molecule has 0 radical (unpaired) electrons. The third-order valence-corrected chi connectivity index (χ3v) is 4.93. The second-order valence-electron chi connectivity index (χ2n) is 6.91. The Bertz CT molecular complexity index is 972. The van der Waals surface area contributed by atoms with Crippen molar-refractivity contribution in [2.75, 3.05) is 25.0 Å². The molecule has 138 valence electrons. The molecular formula is C21H23N5O. The van der Waals surface area contributed by atoms with Crippen LogP contribution in [0.1, 0.15) is 19.3 Å². The van der Waals surface area contributed by atoms with Crippen molar-refractivity contribution < 1.29 is 4.79 Å². The number of hydrogen-bond donors (Lipinski definition) is 1. The molecule has 0 unspecified atom stereocenters. The molecule has 1 aliphatic heterocycles. The monoisotopic (exact) mass is 361 g/mol. The predicted octanol–water partition coefficient (Wildman–Crippen LogP) is 3.62. The molecule has 1 amide bonds. The van der Waals surface area contributed by atoms with E-state index in [-0.39, 0.29) is 5.91 Å². The summed E-state index contributed by atoms with van der Waals surface area (Å²) in [4.78, 5) is 18.9. The summed E-state index contributed by atoms with van der Waals surface area (Å²) >= 11 is 0. The van der Waals surface area contributed by atoms with E-state index in [2.05, 4.69) is 32.9 Å². The number of piperidine rings is 1. The summed E-state index contributed by atoms with van der Waals surface area (Å²) in [7, 11) is 0. The third kappa shape index (κ3) is 4.06. The molecule has 0 spiro atoms. The van der Waals surface area contributed by atoms with Gasteiger partial charge < -0.3 is 5.32 Å². The maximum Gasteiger partial charge on any atom is 0.239 e. The van der Waals surface area contributed by atoms with Gasteiger partial charge in [-0.05, 0) is 49.0 Å². The predicted molar refractivity (Wildman–Crippen MR) is 108 cm³/mol. The van der Waals surface area contributed by atoms with Crippen molar-refractivity contribution in [3.63, 3.8) is 0 Å². The average Bonchev–Trinajstić information content (AvgIpc) is 3.17. The van der Waals surface area contributed by atoms with Crippen LogP contribution < -0.4 is 5.32 Å². The van der Waals surface area contributed by atoms with Crippen LogP contribution in [-0.2, 0) is 4.79 Å². The van der Waals surface area contributed by atoms with Gasteiger partial charge in [-0.3, -0.25) is 9.69 Å². The highest BCUT2D eigenvalue weighted by Crippen LogP contribution is 2.25. The van der Waals surface area contributed by atoms with Crippen molar-refractivity contribution in [2.45, 2.75) is 19.3 Å². The van der Waals surface area contributed by atoms with Gasteiger partial charge >= 0.3 is 0 Å². The summed E-state index contributed by atoms with van der Waals surface area (Å²) in [6, 6.07) is 8.08. The van der Waals surface area contributed by atoms with E-state index < -0.39 is 0 Å². The number of amides is 1. The zero-order valence-electron chi connectivity index (χ0n) is 15.3. The molecule has 1 aliphatic rings. The summed E-state index contributed by atoms with van der Waals surface area (Å²) < 4.78 is 1.68. The Morgan fingerprint density at radius 3 is 2.74 bits per heavy atom. The van der Waals surface area contributed by atoms with Gasteiger partial charge in [-0.15, -0.1) is 0 Å². The standard InChI is InChI=1S/C21H23N5O/c1-2-26-14-19(13-23-26)16-6-7-17-12-22-20(11-18(17)10-16)24-21(27)15-25-8-4-3-5-9-25/h2,6-7,10-14H,1,3-5,8-9,15H2,(H,22,24,27). The van der Waals surface area contributed by atoms with Crippen LogP contribution in [0.2, 0.25) is 0 Å². The molecule has 3 heterocycles. The molecule has 1 N–H and O–H groups in total. The first kappa shape index (κ1) is 17.4. The first-order valence-corrected chi connectivity index (χ1v) is 9.30. The molecule has 0 atom stereocenters. The molecule has 1 aromatic carbocycles. The number of benzene rings is 1. The van der Waals surface area contributed by atoms with Crippen LogP contribution in [0.25, 0.3) is 28.1 Å². The van der Waals surface area contributed by atoms with E-state index >= 15 is 0 Å². The Kier molecular flexibility index (Phi) is 4.98. The summed E-state index contributed by atoms with van der Waals surface area (Å²) in [5, 5.41) is 9.22. The maximum absolute atomic E-state index is 12.3. The Labute approximate surface area is 158 Å². The lowest BCUT2D eigenvalue weighted by Gasteiger charge is -2.25. The molecule has 3 aromatic rings. The molecule has 1 saturated heterocycles. The van der Waals surface area contributed by atoms with Crippen molar-refractivity contribution in [1.29, 1.82) is 0 Å². The molecule has 0 aliphatic carbocycles. The molecule has 2 aromatic heterocycles. The number of carbonyl (C=O) groups excluding carboxylic acids is 1. The Morgan fingerprint density at radius 2 is 1.96 bits per heavy atom. The zero-order valence-corrected chi connectivity index (χ0v) is 15.3. The molecule has 27 heavy (non-hydrogen) atoms. The van der Waals surface area contributed by atoms with Crippen molar-refractivity contribution in [3.05, 3.63) is 49.4 Å². The maximum atomic E-state index is 12.3. The smallest absolute Gasteiger partial charge is 0.239 e.